The molecular formula is C18H28N2O. The zero-order valence-electron chi connectivity index (χ0n) is 13.1. The van der Waals surface area contributed by atoms with E-state index in [1.807, 2.05) is 0 Å². The lowest BCUT2D eigenvalue weighted by molar-refractivity contribution is 0.0545. The largest absolute Gasteiger partial charge is 0.381 e. The summed E-state index contributed by atoms with van der Waals surface area (Å²) in [7, 11) is 0. The van der Waals surface area contributed by atoms with Crippen molar-refractivity contribution in [3.8, 4) is 0 Å². The minimum atomic E-state index is 0.621. The van der Waals surface area contributed by atoms with Crippen LogP contribution in [0.15, 0.2) is 30.3 Å². The SMILES string of the molecule is CC(NC1CCN(Cc2ccccc2)C1)C1CCOCC1. The zero-order chi connectivity index (χ0) is 14.5. The third-order valence-corrected chi connectivity index (χ3v) is 4.99. The molecular weight excluding hydrogens is 260 g/mol. The Bertz CT molecular complexity index is 416. The van der Waals surface area contributed by atoms with Crippen molar-refractivity contribution in [2.45, 2.75) is 44.8 Å². The molecule has 3 rings (SSSR count). The van der Waals surface area contributed by atoms with E-state index in [4.69, 9.17) is 4.74 Å². The molecule has 0 radical (unpaired) electrons. The van der Waals surface area contributed by atoms with Crippen LogP contribution in [-0.2, 0) is 11.3 Å². The molecule has 0 aliphatic carbocycles. The fourth-order valence-electron chi connectivity index (χ4n) is 3.68. The average molecular weight is 288 g/mol. The fourth-order valence-corrected chi connectivity index (χ4v) is 3.68. The molecule has 2 saturated heterocycles. The first kappa shape index (κ1) is 15.0. The van der Waals surface area contributed by atoms with Gasteiger partial charge in [-0.1, -0.05) is 30.3 Å². The Balaban J connectivity index is 1.44. The Hall–Kier alpha value is -0.900. The smallest absolute Gasteiger partial charge is 0.0469 e. The minimum absolute atomic E-state index is 0.621. The molecule has 2 heterocycles. The number of rotatable bonds is 5. The second-order valence-electron chi connectivity index (χ2n) is 6.61. The van der Waals surface area contributed by atoms with Crippen molar-refractivity contribution in [2.75, 3.05) is 26.3 Å². The van der Waals surface area contributed by atoms with Gasteiger partial charge in [0.05, 0.1) is 0 Å². The number of likely N-dealkylation sites (tertiary alicyclic amines) is 1. The average Bonchev–Trinajstić information content (AvgIpc) is 2.96. The van der Waals surface area contributed by atoms with Gasteiger partial charge in [0.25, 0.3) is 0 Å². The van der Waals surface area contributed by atoms with E-state index in [-0.39, 0.29) is 0 Å². The molecule has 0 amide bonds. The van der Waals surface area contributed by atoms with Gasteiger partial charge >= 0.3 is 0 Å². The summed E-state index contributed by atoms with van der Waals surface area (Å²) in [5, 5.41) is 3.87. The molecule has 21 heavy (non-hydrogen) atoms. The van der Waals surface area contributed by atoms with Gasteiger partial charge in [-0.15, -0.1) is 0 Å². The molecule has 0 saturated carbocycles. The van der Waals surface area contributed by atoms with Gasteiger partial charge < -0.3 is 10.1 Å². The number of nitrogens with one attached hydrogen (secondary N) is 1. The van der Waals surface area contributed by atoms with Crippen LogP contribution >= 0.6 is 0 Å². The van der Waals surface area contributed by atoms with Gasteiger partial charge in [-0.25, -0.2) is 0 Å². The molecule has 116 valence electrons. The zero-order valence-corrected chi connectivity index (χ0v) is 13.1. The highest BCUT2D eigenvalue weighted by Gasteiger charge is 2.27. The topological polar surface area (TPSA) is 24.5 Å². The number of benzene rings is 1. The second kappa shape index (κ2) is 7.39. The molecule has 0 aromatic heterocycles. The van der Waals surface area contributed by atoms with Crippen LogP contribution in [0, 0.1) is 5.92 Å². The molecule has 2 unspecified atom stereocenters. The summed E-state index contributed by atoms with van der Waals surface area (Å²) in [4.78, 5) is 2.57. The lowest BCUT2D eigenvalue weighted by atomic mass is 9.92. The third kappa shape index (κ3) is 4.29. The molecule has 2 aliphatic rings. The summed E-state index contributed by atoms with van der Waals surface area (Å²) >= 11 is 0. The van der Waals surface area contributed by atoms with Crippen molar-refractivity contribution < 1.29 is 4.74 Å². The van der Waals surface area contributed by atoms with Crippen LogP contribution in [0.4, 0.5) is 0 Å². The summed E-state index contributed by atoms with van der Waals surface area (Å²) < 4.78 is 5.47. The maximum atomic E-state index is 5.47. The van der Waals surface area contributed by atoms with Gasteiger partial charge in [0.2, 0.25) is 0 Å². The predicted octanol–water partition coefficient (Wildman–Crippen LogP) is 2.67. The van der Waals surface area contributed by atoms with Crippen LogP contribution in [0.5, 0.6) is 0 Å². The predicted molar refractivity (Wildman–Crippen MR) is 86.3 cm³/mol. The molecule has 3 heteroatoms. The normalized spacial score (nSPS) is 26.0. The lowest BCUT2D eigenvalue weighted by Gasteiger charge is -2.30. The van der Waals surface area contributed by atoms with Gasteiger partial charge in [-0.3, -0.25) is 4.90 Å². The monoisotopic (exact) mass is 288 g/mol. The van der Waals surface area contributed by atoms with Gasteiger partial charge in [-0.2, -0.15) is 0 Å². The van der Waals surface area contributed by atoms with E-state index in [1.165, 1.54) is 37.9 Å². The van der Waals surface area contributed by atoms with E-state index < -0.39 is 0 Å². The van der Waals surface area contributed by atoms with Crippen molar-refractivity contribution in [1.29, 1.82) is 0 Å². The molecule has 2 fully saturated rings. The van der Waals surface area contributed by atoms with Crippen LogP contribution in [0.1, 0.15) is 31.7 Å². The Morgan fingerprint density at radius 3 is 2.71 bits per heavy atom. The first-order valence-electron chi connectivity index (χ1n) is 8.41. The van der Waals surface area contributed by atoms with Crippen LogP contribution in [0.2, 0.25) is 0 Å². The molecule has 2 aliphatic heterocycles. The maximum absolute atomic E-state index is 5.47. The molecule has 1 N–H and O–H groups in total. The highest BCUT2D eigenvalue weighted by Crippen LogP contribution is 2.21. The summed E-state index contributed by atoms with van der Waals surface area (Å²) in [6.07, 6.45) is 3.71. The van der Waals surface area contributed by atoms with E-state index in [2.05, 4.69) is 47.5 Å². The Morgan fingerprint density at radius 1 is 1.19 bits per heavy atom. The van der Waals surface area contributed by atoms with Crippen molar-refractivity contribution in [3.05, 3.63) is 35.9 Å². The molecule has 1 aromatic rings. The summed E-state index contributed by atoms with van der Waals surface area (Å²) in [6, 6.07) is 12.1. The van der Waals surface area contributed by atoms with Crippen LogP contribution in [0.3, 0.4) is 0 Å². The molecule has 2 atom stereocenters. The standard InChI is InChI=1S/C18H28N2O/c1-15(17-8-11-21-12-9-17)19-18-7-10-20(14-18)13-16-5-3-2-4-6-16/h2-6,15,17-19H,7-14H2,1H3. The Labute approximate surface area is 128 Å². The van der Waals surface area contributed by atoms with Gasteiger partial charge in [-0.05, 0) is 37.7 Å². The number of hydrogen-bond donors (Lipinski definition) is 1. The highest BCUT2D eigenvalue weighted by molar-refractivity contribution is 5.14. The molecule has 3 nitrogen and oxygen atoms in total. The van der Waals surface area contributed by atoms with Crippen LogP contribution < -0.4 is 5.32 Å². The highest BCUT2D eigenvalue weighted by atomic mass is 16.5. The summed E-state index contributed by atoms with van der Waals surface area (Å²) in [6.45, 7) is 7.74. The fraction of sp³-hybridized carbons (Fsp3) is 0.667. The summed E-state index contributed by atoms with van der Waals surface area (Å²) in [5.41, 5.74) is 1.43. The second-order valence-corrected chi connectivity index (χ2v) is 6.61. The first-order valence-corrected chi connectivity index (χ1v) is 8.41. The van der Waals surface area contributed by atoms with E-state index in [0.717, 1.165) is 25.7 Å². The van der Waals surface area contributed by atoms with E-state index in [1.54, 1.807) is 0 Å². The van der Waals surface area contributed by atoms with Crippen molar-refractivity contribution >= 4 is 0 Å². The van der Waals surface area contributed by atoms with E-state index >= 15 is 0 Å². The number of hydrogen-bond acceptors (Lipinski definition) is 3. The van der Waals surface area contributed by atoms with Crippen molar-refractivity contribution in [1.82, 2.24) is 10.2 Å². The Morgan fingerprint density at radius 2 is 1.95 bits per heavy atom. The van der Waals surface area contributed by atoms with Gasteiger partial charge in [0.1, 0.15) is 0 Å². The van der Waals surface area contributed by atoms with E-state index in [9.17, 15) is 0 Å². The van der Waals surface area contributed by atoms with Gasteiger partial charge in [0, 0.05) is 44.9 Å². The number of ether oxygens (including phenoxy) is 1. The quantitative estimate of drug-likeness (QED) is 0.901. The third-order valence-electron chi connectivity index (χ3n) is 4.99. The Kier molecular flexibility index (Phi) is 5.28. The van der Waals surface area contributed by atoms with Crippen LogP contribution in [0.25, 0.3) is 0 Å². The van der Waals surface area contributed by atoms with Crippen LogP contribution in [-0.4, -0.2) is 43.3 Å². The maximum Gasteiger partial charge on any atom is 0.0469 e. The summed E-state index contributed by atoms with van der Waals surface area (Å²) in [5.74, 6) is 0.793. The lowest BCUT2D eigenvalue weighted by Crippen LogP contribution is -2.43. The number of nitrogens with zero attached hydrogens (tertiary/aromatic N) is 1. The first-order chi connectivity index (χ1) is 10.3. The van der Waals surface area contributed by atoms with Crippen molar-refractivity contribution in [2.24, 2.45) is 5.92 Å². The minimum Gasteiger partial charge on any atom is -0.381 e. The molecule has 1 aromatic carbocycles. The molecule has 0 bridgehead atoms. The van der Waals surface area contributed by atoms with Gasteiger partial charge in [0.15, 0.2) is 0 Å². The van der Waals surface area contributed by atoms with Crippen molar-refractivity contribution in [3.63, 3.8) is 0 Å². The molecule has 0 spiro atoms. The van der Waals surface area contributed by atoms with E-state index in [0.29, 0.717) is 12.1 Å².